The number of carbonyl (C=O) groups excluding carboxylic acids is 3. The van der Waals surface area contributed by atoms with Crippen molar-refractivity contribution in [3.8, 4) is 0 Å². The summed E-state index contributed by atoms with van der Waals surface area (Å²) in [6.07, 6.45) is 3.53. The third kappa shape index (κ3) is 3.60. The second-order valence-electron chi connectivity index (χ2n) is 6.69. The smallest absolute Gasteiger partial charge is 0.328 e. The van der Waals surface area contributed by atoms with Crippen LogP contribution in [0, 0.1) is 0 Å². The fourth-order valence-corrected chi connectivity index (χ4v) is 3.53. The predicted octanol–water partition coefficient (Wildman–Crippen LogP) is 2.39. The van der Waals surface area contributed by atoms with Gasteiger partial charge in [-0.25, -0.2) is 4.79 Å². The van der Waals surface area contributed by atoms with Gasteiger partial charge in [-0.3, -0.25) is 20.2 Å². The summed E-state index contributed by atoms with van der Waals surface area (Å²) in [4.78, 5) is 37.3. The van der Waals surface area contributed by atoms with E-state index in [0.717, 1.165) is 31.5 Å². The van der Waals surface area contributed by atoms with E-state index in [1.807, 2.05) is 36.4 Å². The lowest BCUT2D eigenvalue weighted by molar-refractivity contribution is -0.123. The molecule has 2 aliphatic rings. The molecule has 2 N–H and O–H groups in total. The Kier molecular flexibility index (Phi) is 4.46. The molecule has 27 heavy (non-hydrogen) atoms. The molecule has 0 unspecified atom stereocenters. The Hall–Kier alpha value is -3.41. The van der Waals surface area contributed by atoms with Gasteiger partial charge in [0, 0.05) is 18.8 Å². The number of hydrogen-bond donors (Lipinski definition) is 2. The van der Waals surface area contributed by atoms with Gasteiger partial charge in [-0.05, 0) is 47.7 Å². The molecule has 1 saturated heterocycles. The van der Waals surface area contributed by atoms with Crippen LogP contribution in [0.15, 0.2) is 54.1 Å². The second-order valence-corrected chi connectivity index (χ2v) is 6.69. The van der Waals surface area contributed by atoms with Crippen molar-refractivity contribution in [2.75, 3.05) is 11.4 Å². The molecule has 0 spiro atoms. The van der Waals surface area contributed by atoms with Crippen LogP contribution in [0.25, 0.3) is 6.08 Å². The number of nitrogens with one attached hydrogen (secondary N) is 2. The maximum absolute atomic E-state index is 11.9. The molecule has 2 heterocycles. The van der Waals surface area contributed by atoms with Crippen LogP contribution in [-0.2, 0) is 22.6 Å². The molecule has 2 aliphatic heterocycles. The minimum Gasteiger partial charge on any atom is -0.367 e. The number of anilines is 1. The topological polar surface area (TPSA) is 78.5 Å². The van der Waals surface area contributed by atoms with Crippen molar-refractivity contribution in [3.05, 3.63) is 70.8 Å². The maximum Gasteiger partial charge on any atom is 0.328 e. The van der Waals surface area contributed by atoms with Crippen LogP contribution in [0.1, 0.15) is 23.1 Å². The first-order valence-electron chi connectivity index (χ1n) is 8.90. The summed E-state index contributed by atoms with van der Waals surface area (Å²) in [5, 5.41) is 4.18. The fraction of sp³-hybridized carbons (Fsp3) is 0.190. The average molecular weight is 361 g/mol. The van der Waals surface area contributed by atoms with Crippen LogP contribution in [-0.4, -0.2) is 24.4 Å². The van der Waals surface area contributed by atoms with Gasteiger partial charge in [-0.15, -0.1) is 0 Å². The van der Waals surface area contributed by atoms with Gasteiger partial charge in [0.05, 0.1) is 0 Å². The van der Waals surface area contributed by atoms with Crippen molar-refractivity contribution in [2.24, 2.45) is 0 Å². The molecule has 2 aromatic carbocycles. The Morgan fingerprint density at radius 1 is 0.963 bits per heavy atom. The number of rotatable bonds is 3. The summed E-state index contributed by atoms with van der Waals surface area (Å²) in [7, 11) is 0. The third-order valence-corrected chi connectivity index (χ3v) is 4.79. The molecule has 0 atom stereocenters. The van der Waals surface area contributed by atoms with Gasteiger partial charge in [0.2, 0.25) is 0 Å². The maximum atomic E-state index is 11.9. The van der Waals surface area contributed by atoms with Crippen LogP contribution >= 0.6 is 0 Å². The number of benzene rings is 2. The standard InChI is InChI=1S/C21H19N3O3/c25-19-17(20(26)23-21(27)22-19)12-15-8-9-18-16(11-15)7-4-10-24(18)13-14-5-2-1-3-6-14/h1-3,5-6,8-9,11-12H,4,7,10,13H2,(H2,22,23,25,26,27). The van der Waals surface area contributed by atoms with Crippen LogP contribution in [0.3, 0.4) is 0 Å². The van der Waals surface area contributed by atoms with E-state index in [9.17, 15) is 14.4 Å². The van der Waals surface area contributed by atoms with Crippen LogP contribution in [0.5, 0.6) is 0 Å². The molecule has 0 aliphatic carbocycles. The Balaban J connectivity index is 1.60. The van der Waals surface area contributed by atoms with Gasteiger partial charge in [-0.1, -0.05) is 36.4 Å². The van der Waals surface area contributed by atoms with Crippen LogP contribution in [0.2, 0.25) is 0 Å². The number of nitrogens with zero attached hydrogens (tertiary/aromatic N) is 1. The first-order chi connectivity index (χ1) is 13.1. The summed E-state index contributed by atoms with van der Waals surface area (Å²) < 4.78 is 0. The largest absolute Gasteiger partial charge is 0.367 e. The van der Waals surface area contributed by atoms with Gasteiger partial charge in [0.1, 0.15) is 5.57 Å². The average Bonchev–Trinajstić information content (AvgIpc) is 2.65. The number of amides is 4. The van der Waals surface area contributed by atoms with Crippen molar-refractivity contribution in [2.45, 2.75) is 19.4 Å². The molecular weight excluding hydrogens is 342 g/mol. The highest BCUT2D eigenvalue weighted by Crippen LogP contribution is 2.30. The van der Waals surface area contributed by atoms with Crippen LogP contribution in [0.4, 0.5) is 10.5 Å². The first-order valence-corrected chi connectivity index (χ1v) is 8.90. The van der Waals surface area contributed by atoms with Gasteiger partial charge in [0.25, 0.3) is 11.8 Å². The summed E-state index contributed by atoms with van der Waals surface area (Å²) in [5.74, 6) is -1.35. The van der Waals surface area contributed by atoms with E-state index in [1.165, 1.54) is 22.9 Å². The molecule has 0 saturated carbocycles. The number of aryl methyl sites for hydroxylation is 1. The summed E-state index contributed by atoms with van der Waals surface area (Å²) in [6.45, 7) is 1.84. The summed E-state index contributed by atoms with van der Waals surface area (Å²) in [5.41, 5.74) is 4.34. The monoisotopic (exact) mass is 361 g/mol. The highest BCUT2D eigenvalue weighted by atomic mass is 16.2. The van der Waals surface area contributed by atoms with Crippen molar-refractivity contribution >= 4 is 29.6 Å². The fourth-order valence-electron chi connectivity index (χ4n) is 3.53. The molecule has 0 bridgehead atoms. The van der Waals surface area contributed by atoms with Crippen molar-refractivity contribution < 1.29 is 14.4 Å². The van der Waals surface area contributed by atoms with E-state index in [4.69, 9.17) is 0 Å². The Morgan fingerprint density at radius 3 is 2.44 bits per heavy atom. The van der Waals surface area contributed by atoms with Crippen LogP contribution < -0.4 is 15.5 Å². The lowest BCUT2D eigenvalue weighted by Crippen LogP contribution is -2.51. The lowest BCUT2D eigenvalue weighted by Gasteiger charge is -2.31. The second kappa shape index (κ2) is 7.07. The molecule has 6 heteroatoms. The van der Waals surface area contributed by atoms with E-state index < -0.39 is 17.8 Å². The zero-order valence-electron chi connectivity index (χ0n) is 14.7. The van der Waals surface area contributed by atoms with E-state index >= 15 is 0 Å². The predicted molar refractivity (Wildman–Crippen MR) is 102 cm³/mol. The molecule has 1 fully saturated rings. The zero-order valence-corrected chi connectivity index (χ0v) is 14.7. The van der Waals surface area contributed by atoms with E-state index in [1.54, 1.807) is 0 Å². The number of carbonyl (C=O) groups is 3. The molecule has 6 nitrogen and oxygen atoms in total. The van der Waals surface area contributed by atoms with E-state index in [0.29, 0.717) is 0 Å². The highest BCUT2D eigenvalue weighted by molar-refractivity contribution is 6.31. The minimum absolute atomic E-state index is 0.0634. The number of fused-ring (bicyclic) bond motifs is 1. The van der Waals surface area contributed by atoms with Gasteiger partial charge < -0.3 is 4.90 Å². The Labute approximate surface area is 156 Å². The Morgan fingerprint density at radius 2 is 1.70 bits per heavy atom. The zero-order chi connectivity index (χ0) is 18.8. The van der Waals surface area contributed by atoms with E-state index in [2.05, 4.69) is 27.7 Å². The molecule has 2 aromatic rings. The quantitative estimate of drug-likeness (QED) is 0.650. The molecular formula is C21H19N3O3. The molecule has 4 amide bonds. The molecule has 0 aromatic heterocycles. The number of barbiturate groups is 1. The summed E-state index contributed by atoms with van der Waals surface area (Å²) in [6, 6.07) is 15.5. The van der Waals surface area contributed by atoms with Gasteiger partial charge in [-0.2, -0.15) is 0 Å². The van der Waals surface area contributed by atoms with Gasteiger partial charge in [0.15, 0.2) is 0 Å². The minimum atomic E-state index is -0.788. The Bertz CT molecular complexity index is 928. The number of hydrogen-bond acceptors (Lipinski definition) is 4. The molecule has 0 radical (unpaired) electrons. The van der Waals surface area contributed by atoms with E-state index in [-0.39, 0.29) is 5.57 Å². The SMILES string of the molecule is O=C1NC(=O)C(=Cc2ccc3c(c2)CCCN3Cc2ccccc2)C(=O)N1. The number of imide groups is 2. The summed E-state index contributed by atoms with van der Waals surface area (Å²) >= 11 is 0. The molecule has 4 rings (SSSR count). The van der Waals surface area contributed by atoms with Crippen molar-refractivity contribution in [3.63, 3.8) is 0 Å². The van der Waals surface area contributed by atoms with Crippen molar-refractivity contribution in [1.29, 1.82) is 0 Å². The third-order valence-electron chi connectivity index (χ3n) is 4.79. The number of urea groups is 1. The lowest BCUT2D eigenvalue weighted by atomic mass is 9.97. The molecule has 136 valence electrons. The highest BCUT2D eigenvalue weighted by Gasteiger charge is 2.27. The normalized spacial score (nSPS) is 16.5. The first kappa shape index (κ1) is 17.0. The van der Waals surface area contributed by atoms with Crippen molar-refractivity contribution in [1.82, 2.24) is 10.6 Å². The van der Waals surface area contributed by atoms with Gasteiger partial charge >= 0.3 is 6.03 Å².